The van der Waals surface area contributed by atoms with E-state index in [1.807, 2.05) is 6.07 Å². The Hall–Kier alpha value is -0.930. The second kappa shape index (κ2) is 7.75. The fraction of sp³-hybridized carbons (Fsp3) is 0.647. The highest BCUT2D eigenvalue weighted by molar-refractivity contribution is 5.16. The Morgan fingerprint density at radius 3 is 2.55 bits per heavy atom. The number of nitrogens with zero attached hydrogens (tertiary/aromatic N) is 1. The largest absolute Gasteiger partial charge is 0.314 e. The van der Waals surface area contributed by atoms with Crippen LogP contribution in [0.4, 0.5) is 4.39 Å². The molecule has 0 amide bonds. The molecule has 1 aromatic rings. The van der Waals surface area contributed by atoms with E-state index in [9.17, 15) is 4.39 Å². The monoisotopic (exact) mass is 280 g/mol. The van der Waals surface area contributed by atoms with Crippen molar-refractivity contribution in [2.45, 2.75) is 46.7 Å². The first-order chi connectivity index (χ1) is 9.32. The Kier molecular flexibility index (Phi) is 6.63. The van der Waals surface area contributed by atoms with Crippen molar-refractivity contribution in [1.82, 2.24) is 10.2 Å². The first-order valence-electron chi connectivity index (χ1n) is 7.49. The lowest BCUT2D eigenvalue weighted by Crippen LogP contribution is -2.42. The summed E-state index contributed by atoms with van der Waals surface area (Å²) in [5.41, 5.74) is 1.29. The van der Waals surface area contributed by atoms with Crippen LogP contribution in [0.3, 0.4) is 0 Å². The summed E-state index contributed by atoms with van der Waals surface area (Å²) < 4.78 is 13.2. The number of benzene rings is 1. The zero-order valence-corrected chi connectivity index (χ0v) is 13.5. The molecule has 0 aliphatic rings. The van der Waals surface area contributed by atoms with Gasteiger partial charge in [-0.2, -0.15) is 0 Å². The molecule has 0 aliphatic carbocycles. The third-order valence-electron chi connectivity index (χ3n) is 3.64. The summed E-state index contributed by atoms with van der Waals surface area (Å²) in [5, 5.41) is 3.56. The average Bonchev–Trinajstić information content (AvgIpc) is 2.33. The summed E-state index contributed by atoms with van der Waals surface area (Å²) in [6, 6.07) is 7.36. The molecule has 0 radical (unpaired) electrons. The van der Waals surface area contributed by atoms with Gasteiger partial charge in [0.05, 0.1) is 0 Å². The van der Waals surface area contributed by atoms with Gasteiger partial charge in [0, 0.05) is 12.6 Å². The Morgan fingerprint density at radius 1 is 1.30 bits per heavy atom. The molecule has 1 unspecified atom stereocenters. The van der Waals surface area contributed by atoms with Crippen LogP contribution in [-0.4, -0.2) is 31.1 Å². The van der Waals surface area contributed by atoms with Crippen molar-refractivity contribution in [3.05, 3.63) is 35.6 Å². The van der Waals surface area contributed by atoms with E-state index < -0.39 is 0 Å². The van der Waals surface area contributed by atoms with E-state index in [-0.39, 0.29) is 11.2 Å². The molecule has 0 fully saturated rings. The Balaban J connectivity index is 2.47. The van der Waals surface area contributed by atoms with Gasteiger partial charge in [-0.05, 0) is 49.7 Å². The molecule has 0 spiro atoms. The van der Waals surface area contributed by atoms with Crippen LogP contribution in [0.1, 0.15) is 39.7 Å². The minimum Gasteiger partial charge on any atom is -0.314 e. The van der Waals surface area contributed by atoms with E-state index in [0.29, 0.717) is 6.04 Å². The van der Waals surface area contributed by atoms with Gasteiger partial charge >= 0.3 is 0 Å². The summed E-state index contributed by atoms with van der Waals surface area (Å²) in [5.74, 6) is -0.156. The lowest BCUT2D eigenvalue weighted by Gasteiger charge is -2.33. The van der Waals surface area contributed by atoms with Gasteiger partial charge in [-0.25, -0.2) is 4.39 Å². The highest BCUT2D eigenvalue weighted by Crippen LogP contribution is 2.22. The van der Waals surface area contributed by atoms with Crippen molar-refractivity contribution in [2.75, 3.05) is 20.1 Å². The number of hydrogen-bond acceptors (Lipinski definition) is 2. The molecule has 3 heteroatoms. The van der Waals surface area contributed by atoms with Crippen molar-refractivity contribution in [1.29, 1.82) is 0 Å². The van der Waals surface area contributed by atoms with Gasteiger partial charge in [0.1, 0.15) is 5.82 Å². The highest BCUT2D eigenvalue weighted by atomic mass is 19.1. The zero-order valence-electron chi connectivity index (χ0n) is 13.5. The third kappa shape index (κ3) is 6.02. The molecule has 2 nitrogen and oxygen atoms in total. The van der Waals surface area contributed by atoms with Gasteiger partial charge in [-0.15, -0.1) is 0 Å². The molecule has 114 valence electrons. The van der Waals surface area contributed by atoms with Gasteiger partial charge in [0.15, 0.2) is 0 Å². The van der Waals surface area contributed by atoms with E-state index in [0.717, 1.165) is 31.6 Å². The summed E-state index contributed by atoms with van der Waals surface area (Å²) >= 11 is 0. The van der Waals surface area contributed by atoms with Crippen molar-refractivity contribution in [3.63, 3.8) is 0 Å². The molecule has 0 heterocycles. The fourth-order valence-corrected chi connectivity index (χ4v) is 2.46. The predicted molar refractivity (Wildman–Crippen MR) is 84.3 cm³/mol. The Bertz CT molecular complexity index is 398. The molecule has 1 atom stereocenters. The smallest absolute Gasteiger partial charge is 0.123 e. The molecule has 20 heavy (non-hydrogen) atoms. The normalized spacial score (nSPS) is 13.8. The summed E-state index contributed by atoms with van der Waals surface area (Å²) in [7, 11) is 2.09. The highest BCUT2D eigenvalue weighted by Gasteiger charge is 2.23. The first kappa shape index (κ1) is 17.1. The molecule has 0 bridgehead atoms. The molecule has 0 aromatic heterocycles. The lowest BCUT2D eigenvalue weighted by molar-refractivity contribution is 0.221. The summed E-state index contributed by atoms with van der Waals surface area (Å²) in [4.78, 5) is 2.25. The summed E-state index contributed by atoms with van der Waals surface area (Å²) in [6.07, 6.45) is 1.10. The van der Waals surface area contributed by atoms with Crippen LogP contribution in [0.5, 0.6) is 0 Å². The van der Waals surface area contributed by atoms with Crippen LogP contribution >= 0.6 is 0 Å². The molecule has 0 saturated carbocycles. The van der Waals surface area contributed by atoms with Crippen LogP contribution in [0.2, 0.25) is 0 Å². The lowest BCUT2D eigenvalue weighted by atomic mass is 9.84. The van der Waals surface area contributed by atoms with Crippen molar-refractivity contribution < 1.29 is 4.39 Å². The van der Waals surface area contributed by atoms with Crippen molar-refractivity contribution >= 4 is 0 Å². The molecule has 1 rings (SSSR count). The SMILES string of the molecule is CCNC(CCN(C)Cc1cccc(F)c1)C(C)(C)C. The minimum absolute atomic E-state index is 0.156. The van der Waals surface area contributed by atoms with Crippen molar-refractivity contribution in [3.8, 4) is 0 Å². The van der Waals surface area contributed by atoms with Gasteiger partial charge in [0.2, 0.25) is 0 Å². The van der Waals surface area contributed by atoms with E-state index in [1.54, 1.807) is 12.1 Å². The number of nitrogens with one attached hydrogen (secondary N) is 1. The quantitative estimate of drug-likeness (QED) is 0.820. The zero-order chi connectivity index (χ0) is 15.2. The fourth-order valence-electron chi connectivity index (χ4n) is 2.46. The van der Waals surface area contributed by atoms with Crippen LogP contribution in [0.15, 0.2) is 24.3 Å². The molecular weight excluding hydrogens is 251 g/mol. The van der Waals surface area contributed by atoms with E-state index in [4.69, 9.17) is 0 Å². The minimum atomic E-state index is -0.156. The average molecular weight is 280 g/mol. The second-order valence-corrected chi connectivity index (χ2v) is 6.63. The van der Waals surface area contributed by atoms with Crippen LogP contribution < -0.4 is 5.32 Å². The third-order valence-corrected chi connectivity index (χ3v) is 3.64. The number of rotatable bonds is 7. The second-order valence-electron chi connectivity index (χ2n) is 6.63. The standard InChI is InChI=1S/C17H29FN2/c1-6-19-16(17(2,3)4)10-11-20(5)13-14-8-7-9-15(18)12-14/h7-9,12,16,19H,6,10-11,13H2,1-5H3. The van der Waals surface area contributed by atoms with E-state index in [1.165, 1.54) is 6.07 Å². The van der Waals surface area contributed by atoms with E-state index in [2.05, 4.69) is 45.0 Å². The molecular formula is C17H29FN2. The molecule has 1 aromatic carbocycles. The first-order valence-corrected chi connectivity index (χ1v) is 7.49. The predicted octanol–water partition coefficient (Wildman–Crippen LogP) is 3.67. The maximum Gasteiger partial charge on any atom is 0.123 e. The molecule has 1 N–H and O–H groups in total. The van der Waals surface area contributed by atoms with Crippen LogP contribution in [0, 0.1) is 11.2 Å². The number of hydrogen-bond donors (Lipinski definition) is 1. The van der Waals surface area contributed by atoms with Crippen molar-refractivity contribution in [2.24, 2.45) is 5.41 Å². The maximum absolute atomic E-state index is 13.2. The van der Waals surface area contributed by atoms with Gasteiger partial charge in [0.25, 0.3) is 0 Å². The number of halogens is 1. The Labute approximate surface area is 123 Å². The van der Waals surface area contributed by atoms with Gasteiger partial charge < -0.3 is 10.2 Å². The molecule has 0 saturated heterocycles. The van der Waals surface area contributed by atoms with Gasteiger partial charge in [-0.1, -0.05) is 39.8 Å². The van der Waals surface area contributed by atoms with Crippen LogP contribution in [-0.2, 0) is 6.54 Å². The maximum atomic E-state index is 13.2. The molecule has 0 aliphatic heterocycles. The summed E-state index contributed by atoms with van der Waals surface area (Å²) in [6.45, 7) is 11.8. The van der Waals surface area contributed by atoms with E-state index >= 15 is 0 Å². The Morgan fingerprint density at radius 2 is 2.00 bits per heavy atom. The van der Waals surface area contributed by atoms with Gasteiger partial charge in [-0.3, -0.25) is 0 Å². The topological polar surface area (TPSA) is 15.3 Å². The van der Waals surface area contributed by atoms with Crippen LogP contribution in [0.25, 0.3) is 0 Å².